The summed E-state index contributed by atoms with van der Waals surface area (Å²) >= 11 is 0. The summed E-state index contributed by atoms with van der Waals surface area (Å²) in [5.74, 6) is 0. The van der Waals surface area contributed by atoms with Crippen molar-refractivity contribution in [3.63, 3.8) is 0 Å². The molecule has 0 aliphatic carbocycles. The lowest BCUT2D eigenvalue weighted by Crippen LogP contribution is -2.65. The van der Waals surface area contributed by atoms with E-state index in [2.05, 4.69) is 13.8 Å². The highest BCUT2D eigenvalue weighted by Gasteiger charge is 2.51. The Hall–Kier alpha value is -3.47. The number of ether oxygens (including phenoxy) is 7. The Balaban J connectivity index is 1.31. The molecule has 0 bridgehead atoms. The molecule has 3 fully saturated rings. The molecule has 2 aromatic carbocycles. The summed E-state index contributed by atoms with van der Waals surface area (Å²) in [6.07, 6.45) is 2.24. The highest BCUT2D eigenvalue weighted by molar-refractivity contribution is 6.98. The van der Waals surface area contributed by atoms with Gasteiger partial charge in [-0.3, -0.25) is 9.36 Å². The Morgan fingerprint density at radius 1 is 0.842 bits per heavy atom. The maximum atomic E-state index is 14.2. The first kappa shape index (κ1) is 43.1. The Labute approximate surface area is 336 Å². The zero-order chi connectivity index (χ0) is 40.8. The van der Waals surface area contributed by atoms with Crippen molar-refractivity contribution in [3.8, 4) is 0 Å². The number of rotatable bonds is 14. The molecule has 0 saturated carbocycles. The normalized spacial score (nSPS) is 24.7. The molecular formula is C43H60N2O11Si. The predicted octanol–water partition coefficient (Wildman–Crippen LogP) is 5.15. The van der Waals surface area contributed by atoms with Gasteiger partial charge >= 0.3 is 11.8 Å². The quantitative estimate of drug-likeness (QED) is 0.171. The predicted molar refractivity (Wildman–Crippen MR) is 216 cm³/mol. The van der Waals surface area contributed by atoms with Gasteiger partial charge in [0, 0.05) is 31.6 Å². The van der Waals surface area contributed by atoms with E-state index in [1.807, 2.05) is 60.7 Å². The minimum absolute atomic E-state index is 0.0810. The van der Waals surface area contributed by atoms with Crippen LogP contribution in [0.3, 0.4) is 0 Å². The van der Waals surface area contributed by atoms with Crippen LogP contribution in [0.25, 0.3) is 0 Å². The second-order valence-electron chi connectivity index (χ2n) is 17.0. The third-order valence-electron chi connectivity index (χ3n) is 11.1. The zero-order valence-electron chi connectivity index (χ0n) is 34.2. The monoisotopic (exact) mass is 808 g/mol. The number of aryl methyl sites for hydroxylation is 1. The van der Waals surface area contributed by atoms with E-state index < -0.39 is 73.4 Å². The molecule has 6 rings (SSSR count). The smallest absolute Gasteiger partial charge is 0.425 e. The van der Waals surface area contributed by atoms with Gasteiger partial charge < -0.3 is 38.0 Å². The van der Waals surface area contributed by atoms with E-state index in [1.165, 1.54) is 17.7 Å². The molecule has 3 aliphatic heterocycles. The van der Waals surface area contributed by atoms with Crippen LogP contribution in [-0.2, 0) is 33.2 Å². The van der Waals surface area contributed by atoms with Gasteiger partial charge in [0.15, 0.2) is 18.8 Å². The van der Waals surface area contributed by atoms with Gasteiger partial charge in [-0.2, -0.15) is 4.57 Å². The number of aromatic nitrogens is 2. The SMILES string of the molecule is Cc1cn([C@@H]2O[C@H](COC3CCCCO3)[C@@H](OC3CCCCO3)C2OCCCC(C)(C)[Si](O)(c2ccccc2)c2ccccc2)c(=O)n(C(=O)OC(C)(C)C)c1=O. The lowest BCUT2D eigenvalue weighted by molar-refractivity contribution is -0.225. The fourth-order valence-corrected chi connectivity index (χ4v) is 11.8. The van der Waals surface area contributed by atoms with Crippen molar-refractivity contribution < 1.29 is 42.7 Å². The van der Waals surface area contributed by atoms with Crippen molar-refractivity contribution in [2.24, 2.45) is 0 Å². The summed E-state index contributed by atoms with van der Waals surface area (Å²) < 4.78 is 45.4. The molecule has 14 heteroatoms. The zero-order valence-corrected chi connectivity index (χ0v) is 35.2. The minimum Gasteiger partial charge on any atom is -0.443 e. The summed E-state index contributed by atoms with van der Waals surface area (Å²) in [6, 6.07) is 19.8. The number of carbonyl (C=O) groups is 1. The lowest BCUT2D eigenvalue weighted by Gasteiger charge is -2.41. The largest absolute Gasteiger partial charge is 0.443 e. The van der Waals surface area contributed by atoms with Crippen LogP contribution in [0, 0.1) is 6.92 Å². The fourth-order valence-electron chi connectivity index (χ4n) is 8.02. The van der Waals surface area contributed by atoms with Crippen LogP contribution < -0.4 is 21.6 Å². The molecule has 3 aromatic rings. The molecule has 0 radical (unpaired) electrons. The van der Waals surface area contributed by atoms with E-state index >= 15 is 0 Å². The fraction of sp³-hybridized carbons (Fsp3) is 0.605. The Morgan fingerprint density at radius 2 is 1.44 bits per heavy atom. The van der Waals surface area contributed by atoms with Gasteiger partial charge in [0.05, 0.1) is 6.61 Å². The van der Waals surface area contributed by atoms with E-state index in [4.69, 9.17) is 33.2 Å². The minimum atomic E-state index is -3.28. The Bertz CT molecular complexity index is 1840. The van der Waals surface area contributed by atoms with Gasteiger partial charge in [0.25, 0.3) is 13.9 Å². The lowest BCUT2D eigenvalue weighted by atomic mass is 10.1. The maximum absolute atomic E-state index is 14.2. The van der Waals surface area contributed by atoms with E-state index in [-0.39, 0.29) is 18.8 Å². The topological polar surface area (TPSA) is 146 Å². The summed E-state index contributed by atoms with van der Waals surface area (Å²) in [6.45, 7) is 12.2. The number of benzene rings is 2. The standard InChI is InChI=1S/C43H60N2O11Si/c1-30-28-44(40(47)45(38(30)46)41(48)56-42(2,3)4)39-37(36(55-35-23-14-16-26-51-35)33(54-39)29-53-34-22-13-15-25-50-34)52-27-17-24-43(5,6)57(49,31-18-9-7-10-19-31)32-20-11-8-12-21-32/h7-12,18-21,28,33-37,39,49H,13-17,22-27,29H2,1-6H3/t33-,34?,35?,36-,37?,39-/m1/s1. The van der Waals surface area contributed by atoms with Crippen molar-refractivity contribution in [3.05, 3.63) is 93.3 Å². The van der Waals surface area contributed by atoms with Crippen LogP contribution in [0.5, 0.6) is 0 Å². The van der Waals surface area contributed by atoms with Crippen molar-refractivity contribution in [2.75, 3.05) is 26.4 Å². The van der Waals surface area contributed by atoms with Crippen molar-refractivity contribution >= 4 is 24.8 Å². The van der Waals surface area contributed by atoms with Gasteiger partial charge in [0.1, 0.15) is 23.9 Å². The van der Waals surface area contributed by atoms with Gasteiger partial charge in [-0.05, 0) is 94.5 Å². The molecule has 0 spiro atoms. The third kappa shape index (κ3) is 10.0. The van der Waals surface area contributed by atoms with Gasteiger partial charge in [-0.25, -0.2) is 9.59 Å². The molecule has 3 aliphatic rings. The van der Waals surface area contributed by atoms with Crippen LogP contribution in [0.2, 0.25) is 5.04 Å². The van der Waals surface area contributed by atoms with Crippen molar-refractivity contribution in [1.29, 1.82) is 0 Å². The van der Waals surface area contributed by atoms with E-state index in [1.54, 1.807) is 20.8 Å². The van der Waals surface area contributed by atoms with E-state index in [0.29, 0.717) is 37.0 Å². The van der Waals surface area contributed by atoms with Crippen LogP contribution in [0.1, 0.15) is 97.8 Å². The maximum Gasteiger partial charge on any atom is 0.425 e. The molecular weight excluding hydrogens is 749 g/mol. The molecule has 1 N–H and O–H groups in total. The highest BCUT2D eigenvalue weighted by atomic mass is 28.4. The summed E-state index contributed by atoms with van der Waals surface area (Å²) in [5.41, 5.74) is -2.53. The van der Waals surface area contributed by atoms with Gasteiger partial charge in [0.2, 0.25) is 0 Å². The Kier molecular flexibility index (Phi) is 14.1. The van der Waals surface area contributed by atoms with Crippen LogP contribution in [0.15, 0.2) is 76.4 Å². The second-order valence-corrected chi connectivity index (χ2v) is 20.9. The molecule has 3 saturated heterocycles. The average Bonchev–Trinajstić information content (AvgIpc) is 3.53. The second kappa shape index (κ2) is 18.6. The highest BCUT2D eigenvalue weighted by Crippen LogP contribution is 2.41. The van der Waals surface area contributed by atoms with Gasteiger partial charge in [-0.15, -0.1) is 0 Å². The first-order valence-electron chi connectivity index (χ1n) is 20.4. The van der Waals surface area contributed by atoms with Crippen molar-refractivity contribution in [2.45, 2.75) is 141 Å². The first-order chi connectivity index (χ1) is 27.2. The van der Waals surface area contributed by atoms with Crippen LogP contribution in [-0.4, -0.2) is 91.3 Å². The van der Waals surface area contributed by atoms with Crippen LogP contribution in [0.4, 0.5) is 4.79 Å². The first-order valence-corrected chi connectivity index (χ1v) is 22.3. The van der Waals surface area contributed by atoms with Gasteiger partial charge in [-0.1, -0.05) is 74.5 Å². The molecule has 57 heavy (non-hydrogen) atoms. The molecule has 312 valence electrons. The summed E-state index contributed by atoms with van der Waals surface area (Å²) in [5, 5.41) is 1.32. The summed E-state index contributed by atoms with van der Waals surface area (Å²) in [7, 11) is -3.28. The van der Waals surface area contributed by atoms with Crippen LogP contribution >= 0.6 is 0 Å². The van der Waals surface area contributed by atoms with E-state index in [9.17, 15) is 19.2 Å². The van der Waals surface area contributed by atoms with E-state index in [0.717, 1.165) is 42.5 Å². The number of carbonyl (C=O) groups excluding carboxylic acids is 1. The number of hydrogen-bond donors (Lipinski definition) is 1. The molecule has 3 unspecified atom stereocenters. The molecule has 13 nitrogen and oxygen atoms in total. The number of hydrogen-bond acceptors (Lipinski definition) is 11. The average molecular weight is 809 g/mol. The molecule has 6 atom stereocenters. The molecule has 4 heterocycles. The summed E-state index contributed by atoms with van der Waals surface area (Å²) in [4.78, 5) is 53.6. The molecule has 1 aromatic heterocycles. The number of nitrogens with zero attached hydrogens (tertiary/aromatic N) is 2. The Morgan fingerprint density at radius 3 is 2.00 bits per heavy atom. The molecule has 0 amide bonds. The van der Waals surface area contributed by atoms with Crippen molar-refractivity contribution in [1.82, 2.24) is 9.13 Å². The third-order valence-corrected chi connectivity index (χ3v) is 15.6.